The van der Waals surface area contributed by atoms with Gasteiger partial charge in [-0.05, 0) is 55.6 Å². The van der Waals surface area contributed by atoms with Crippen LogP contribution < -0.4 is 10.9 Å². The zero-order valence-corrected chi connectivity index (χ0v) is 13.3. The molecule has 0 saturated heterocycles. The number of benzene rings is 1. The molecule has 0 bridgehead atoms. The van der Waals surface area contributed by atoms with Crippen LogP contribution >= 0.6 is 31.9 Å². The number of anilines is 1. The molecular formula is C13H12Br2N2O2. The first-order valence-electron chi connectivity index (χ1n) is 5.55. The molecule has 0 radical (unpaired) electrons. The normalized spacial score (nSPS) is 10.5. The number of aryl methyl sites for hydroxylation is 1. The van der Waals surface area contributed by atoms with Crippen LogP contribution in [0.4, 0.5) is 5.69 Å². The van der Waals surface area contributed by atoms with E-state index >= 15 is 0 Å². The first kappa shape index (κ1) is 14.1. The third-order valence-corrected chi connectivity index (χ3v) is 3.87. The molecule has 2 rings (SSSR count). The number of hydrogen-bond acceptors (Lipinski definition) is 3. The van der Waals surface area contributed by atoms with E-state index in [1.54, 1.807) is 19.3 Å². The smallest absolute Gasteiger partial charge is 0.250 e. The molecule has 0 atom stereocenters. The maximum absolute atomic E-state index is 11.3. The Hall–Kier alpha value is -1.27. The summed E-state index contributed by atoms with van der Waals surface area (Å²) in [6, 6.07) is 6.95. The second kappa shape index (κ2) is 5.79. The van der Waals surface area contributed by atoms with Gasteiger partial charge in [-0.1, -0.05) is 0 Å². The van der Waals surface area contributed by atoms with Gasteiger partial charge in [-0.2, -0.15) is 0 Å². The average molecular weight is 388 g/mol. The largest absolute Gasteiger partial charge is 0.506 e. The van der Waals surface area contributed by atoms with Crippen LogP contribution in [0.3, 0.4) is 0 Å². The molecule has 100 valence electrons. The summed E-state index contributed by atoms with van der Waals surface area (Å²) in [6.07, 6.45) is 1.74. The fourth-order valence-electron chi connectivity index (χ4n) is 1.62. The van der Waals surface area contributed by atoms with Crippen molar-refractivity contribution in [3.63, 3.8) is 0 Å². The lowest BCUT2D eigenvalue weighted by Gasteiger charge is -2.09. The number of nitrogens with zero attached hydrogens (tertiary/aromatic N) is 1. The Bertz CT molecular complexity index is 645. The van der Waals surface area contributed by atoms with Crippen LogP contribution in [0.1, 0.15) is 5.56 Å². The van der Waals surface area contributed by atoms with Gasteiger partial charge in [0.25, 0.3) is 0 Å². The van der Waals surface area contributed by atoms with E-state index in [4.69, 9.17) is 0 Å². The standard InChI is InChI=1S/C13H12Br2N2O2/c1-17-7-9(2-3-12(17)18)16-6-8-4-10(14)13(19)11(15)5-8/h2-5,7,16,19H,6H2,1H3. The fraction of sp³-hybridized carbons (Fsp3) is 0.154. The number of phenols is 1. The van der Waals surface area contributed by atoms with Crippen LogP contribution in [-0.4, -0.2) is 9.67 Å². The molecule has 0 aliphatic carbocycles. The maximum Gasteiger partial charge on any atom is 0.250 e. The number of rotatable bonds is 3. The Morgan fingerprint density at radius 2 is 1.89 bits per heavy atom. The topological polar surface area (TPSA) is 54.3 Å². The number of hydrogen-bond donors (Lipinski definition) is 2. The lowest BCUT2D eigenvalue weighted by Crippen LogP contribution is -2.15. The van der Waals surface area contributed by atoms with Crippen LogP contribution in [0, 0.1) is 0 Å². The molecule has 6 heteroatoms. The highest BCUT2D eigenvalue weighted by molar-refractivity contribution is 9.11. The molecule has 0 aliphatic rings. The van der Waals surface area contributed by atoms with Crippen LogP contribution in [-0.2, 0) is 13.6 Å². The fourth-order valence-corrected chi connectivity index (χ4v) is 2.90. The maximum atomic E-state index is 11.3. The van der Waals surface area contributed by atoms with E-state index in [2.05, 4.69) is 37.2 Å². The summed E-state index contributed by atoms with van der Waals surface area (Å²) in [5.41, 5.74) is 1.83. The van der Waals surface area contributed by atoms with Gasteiger partial charge in [-0.3, -0.25) is 4.79 Å². The number of aromatic nitrogens is 1. The first-order chi connectivity index (χ1) is 8.97. The van der Waals surface area contributed by atoms with Gasteiger partial charge in [0.1, 0.15) is 5.75 Å². The summed E-state index contributed by atoms with van der Waals surface area (Å²) < 4.78 is 2.80. The number of halogens is 2. The van der Waals surface area contributed by atoms with E-state index in [1.165, 1.54) is 10.6 Å². The number of aromatic hydroxyl groups is 1. The zero-order chi connectivity index (χ0) is 14.0. The van der Waals surface area contributed by atoms with Crippen molar-refractivity contribution in [2.45, 2.75) is 6.54 Å². The van der Waals surface area contributed by atoms with Gasteiger partial charge >= 0.3 is 0 Å². The van der Waals surface area contributed by atoms with Gasteiger partial charge in [-0.15, -0.1) is 0 Å². The predicted octanol–water partition coefficient (Wildman–Crippen LogP) is 3.23. The minimum absolute atomic E-state index is 0.0410. The summed E-state index contributed by atoms with van der Waals surface area (Å²) in [5.74, 6) is 0.186. The molecule has 0 saturated carbocycles. The van der Waals surface area contributed by atoms with Crippen molar-refractivity contribution in [1.29, 1.82) is 0 Å². The number of pyridine rings is 1. The number of phenolic OH excluding ortho intramolecular Hbond substituents is 1. The Balaban J connectivity index is 2.14. The minimum atomic E-state index is -0.0410. The molecular weight excluding hydrogens is 376 g/mol. The Kier molecular flexibility index (Phi) is 4.31. The highest BCUT2D eigenvalue weighted by Crippen LogP contribution is 2.33. The second-order valence-corrected chi connectivity index (χ2v) is 5.84. The molecule has 1 aromatic carbocycles. The molecule has 0 fully saturated rings. The summed E-state index contributed by atoms with van der Waals surface area (Å²) in [7, 11) is 1.71. The zero-order valence-electron chi connectivity index (χ0n) is 10.2. The van der Waals surface area contributed by atoms with E-state index in [1.807, 2.05) is 12.1 Å². The Labute approximate surface area is 127 Å². The van der Waals surface area contributed by atoms with Gasteiger partial charge < -0.3 is 15.0 Å². The molecule has 1 aromatic heterocycles. The van der Waals surface area contributed by atoms with Gasteiger partial charge in [0.05, 0.1) is 14.6 Å². The van der Waals surface area contributed by atoms with E-state index in [9.17, 15) is 9.90 Å². The quantitative estimate of drug-likeness (QED) is 0.850. The molecule has 2 aromatic rings. The van der Waals surface area contributed by atoms with E-state index in [0.29, 0.717) is 15.5 Å². The molecule has 1 heterocycles. The monoisotopic (exact) mass is 386 g/mol. The lowest BCUT2D eigenvalue weighted by atomic mass is 10.2. The van der Waals surface area contributed by atoms with Crippen LogP contribution in [0.25, 0.3) is 0 Å². The molecule has 0 spiro atoms. The molecule has 0 amide bonds. The minimum Gasteiger partial charge on any atom is -0.506 e. The van der Waals surface area contributed by atoms with Crippen molar-refractivity contribution in [3.05, 3.63) is 55.3 Å². The van der Waals surface area contributed by atoms with Gasteiger partial charge in [0, 0.05) is 25.9 Å². The van der Waals surface area contributed by atoms with E-state index < -0.39 is 0 Å². The summed E-state index contributed by atoms with van der Waals surface area (Å²) in [4.78, 5) is 11.3. The SMILES string of the molecule is Cn1cc(NCc2cc(Br)c(O)c(Br)c2)ccc1=O. The third-order valence-electron chi connectivity index (χ3n) is 2.66. The lowest BCUT2D eigenvalue weighted by molar-refractivity contribution is 0.468. The molecule has 0 aliphatic heterocycles. The van der Waals surface area contributed by atoms with E-state index in [-0.39, 0.29) is 11.3 Å². The van der Waals surface area contributed by atoms with Crippen molar-refractivity contribution in [2.24, 2.45) is 7.05 Å². The molecule has 19 heavy (non-hydrogen) atoms. The van der Waals surface area contributed by atoms with Crippen LogP contribution in [0.2, 0.25) is 0 Å². The van der Waals surface area contributed by atoms with Gasteiger partial charge in [0.2, 0.25) is 5.56 Å². The van der Waals surface area contributed by atoms with Crippen molar-refractivity contribution >= 4 is 37.5 Å². The summed E-state index contributed by atoms with van der Waals surface area (Å²) in [5, 5.41) is 12.9. The van der Waals surface area contributed by atoms with Crippen molar-refractivity contribution < 1.29 is 5.11 Å². The predicted molar refractivity (Wildman–Crippen MR) is 82.5 cm³/mol. The second-order valence-electron chi connectivity index (χ2n) is 4.13. The molecule has 4 nitrogen and oxygen atoms in total. The Morgan fingerprint density at radius 3 is 2.47 bits per heavy atom. The van der Waals surface area contributed by atoms with Gasteiger partial charge in [-0.25, -0.2) is 0 Å². The van der Waals surface area contributed by atoms with Crippen LogP contribution in [0.5, 0.6) is 5.75 Å². The van der Waals surface area contributed by atoms with Gasteiger partial charge in [0.15, 0.2) is 0 Å². The molecule has 2 N–H and O–H groups in total. The number of nitrogens with one attached hydrogen (secondary N) is 1. The van der Waals surface area contributed by atoms with E-state index in [0.717, 1.165) is 11.3 Å². The summed E-state index contributed by atoms with van der Waals surface area (Å²) in [6.45, 7) is 0.593. The average Bonchev–Trinajstić information content (AvgIpc) is 2.37. The Morgan fingerprint density at radius 1 is 1.26 bits per heavy atom. The van der Waals surface area contributed by atoms with Crippen molar-refractivity contribution in [3.8, 4) is 5.75 Å². The third kappa shape index (κ3) is 3.39. The van der Waals surface area contributed by atoms with Crippen LogP contribution in [0.15, 0.2) is 44.2 Å². The highest BCUT2D eigenvalue weighted by atomic mass is 79.9. The first-order valence-corrected chi connectivity index (χ1v) is 7.13. The summed E-state index contributed by atoms with van der Waals surface area (Å²) >= 11 is 6.58. The van der Waals surface area contributed by atoms with Crippen molar-refractivity contribution in [2.75, 3.05) is 5.32 Å². The highest BCUT2D eigenvalue weighted by Gasteiger charge is 2.05. The molecule has 0 unspecified atom stereocenters. The van der Waals surface area contributed by atoms with Crippen molar-refractivity contribution in [1.82, 2.24) is 4.57 Å².